The van der Waals surface area contributed by atoms with Crippen molar-refractivity contribution >= 4 is 5.91 Å². The number of carbonyl (C=O) groups excluding carboxylic acids is 1. The molecule has 158 valence electrons. The van der Waals surface area contributed by atoms with Gasteiger partial charge in [0.25, 0.3) is 0 Å². The molecule has 1 aliphatic heterocycles. The first-order chi connectivity index (χ1) is 14.0. The zero-order valence-corrected chi connectivity index (χ0v) is 17.3. The second-order valence-electron chi connectivity index (χ2n) is 9.25. The molecule has 0 unspecified atom stereocenters. The van der Waals surface area contributed by atoms with Crippen molar-refractivity contribution in [2.75, 3.05) is 26.3 Å². The molecule has 4 fully saturated rings. The summed E-state index contributed by atoms with van der Waals surface area (Å²) in [6.45, 7) is 3.84. The van der Waals surface area contributed by atoms with Crippen molar-refractivity contribution in [1.82, 2.24) is 4.90 Å². The quantitative estimate of drug-likeness (QED) is 0.738. The summed E-state index contributed by atoms with van der Waals surface area (Å²) in [5.74, 6) is 1.37. The van der Waals surface area contributed by atoms with E-state index in [0.717, 1.165) is 57.4 Å². The van der Waals surface area contributed by atoms with Crippen LogP contribution in [0.5, 0.6) is 5.75 Å². The first-order valence-electron chi connectivity index (χ1n) is 11.0. The Bertz CT molecular complexity index is 742. The van der Waals surface area contributed by atoms with Gasteiger partial charge < -0.3 is 14.7 Å². The number of halogens is 1. The lowest BCUT2D eigenvalue weighted by Crippen LogP contribution is -2.59. The third-order valence-electron chi connectivity index (χ3n) is 7.70. The van der Waals surface area contributed by atoms with Crippen molar-refractivity contribution in [3.8, 4) is 5.75 Å². The van der Waals surface area contributed by atoms with Gasteiger partial charge in [0.15, 0.2) is 0 Å². The number of ether oxygens (including phenoxy) is 1. The Morgan fingerprint density at radius 1 is 1.17 bits per heavy atom. The van der Waals surface area contributed by atoms with Crippen molar-refractivity contribution in [3.05, 3.63) is 41.7 Å². The van der Waals surface area contributed by atoms with Gasteiger partial charge in [-0.15, -0.1) is 0 Å². The zero-order valence-electron chi connectivity index (χ0n) is 17.3. The average Bonchev–Trinajstić information content (AvgIpc) is 2.75. The molecule has 0 aromatic heterocycles. The number of fused-ring (bicyclic) bond motifs is 3. The van der Waals surface area contributed by atoms with Crippen LogP contribution in [-0.4, -0.2) is 42.2 Å². The van der Waals surface area contributed by atoms with Gasteiger partial charge in [-0.1, -0.05) is 19.1 Å². The summed E-state index contributed by atoms with van der Waals surface area (Å²) < 4.78 is 18.4. The van der Waals surface area contributed by atoms with Gasteiger partial charge in [-0.05, 0) is 73.6 Å². The monoisotopic (exact) mass is 401 g/mol. The van der Waals surface area contributed by atoms with Gasteiger partial charge in [0.2, 0.25) is 5.91 Å². The average molecular weight is 402 g/mol. The van der Waals surface area contributed by atoms with Crippen molar-refractivity contribution in [1.29, 1.82) is 0 Å². The van der Waals surface area contributed by atoms with E-state index >= 15 is 0 Å². The summed E-state index contributed by atoms with van der Waals surface area (Å²) in [6, 6.07) is 8.29. The van der Waals surface area contributed by atoms with Gasteiger partial charge in [0.05, 0.1) is 6.33 Å². The molecule has 3 aliphatic carbocycles. The Labute approximate surface area is 172 Å². The Balaban J connectivity index is 1.37. The van der Waals surface area contributed by atoms with Gasteiger partial charge in [-0.3, -0.25) is 4.79 Å². The largest absolute Gasteiger partial charge is 0.489 e. The number of hydrogen-bond acceptors (Lipinski definition) is 3. The molecule has 1 N–H and O–H groups in total. The second-order valence-corrected chi connectivity index (χ2v) is 9.25. The SMILES string of the molecule is CC/C(=C\F)COc1ccc(C23CCC(C(=O)N4CC(CO)C4)(CC2)CC3)cc1. The predicted octanol–water partition coefficient (Wildman–Crippen LogP) is 4.37. The molecular weight excluding hydrogens is 369 g/mol. The molecule has 1 heterocycles. The number of amides is 1. The molecule has 0 spiro atoms. The highest BCUT2D eigenvalue weighted by Crippen LogP contribution is 2.58. The molecule has 1 amide bonds. The summed E-state index contributed by atoms with van der Waals surface area (Å²) in [5.41, 5.74) is 2.00. The van der Waals surface area contributed by atoms with E-state index in [-0.39, 0.29) is 30.0 Å². The highest BCUT2D eigenvalue weighted by atomic mass is 19.1. The molecule has 3 saturated carbocycles. The maximum atomic E-state index is 13.1. The van der Waals surface area contributed by atoms with Crippen molar-refractivity contribution in [2.45, 2.75) is 57.3 Å². The predicted molar refractivity (Wildman–Crippen MR) is 110 cm³/mol. The molecule has 29 heavy (non-hydrogen) atoms. The molecule has 5 heteroatoms. The fourth-order valence-corrected chi connectivity index (χ4v) is 5.42. The van der Waals surface area contributed by atoms with E-state index in [1.54, 1.807) is 0 Å². The maximum Gasteiger partial charge on any atom is 0.228 e. The minimum absolute atomic E-state index is 0.166. The Kier molecular flexibility index (Phi) is 5.69. The van der Waals surface area contributed by atoms with Crippen LogP contribution in [-0.2, 0) is 10.2 Å². The van der Waals surface area contributed by atoms with E-state index < -0.39 is 0 Å². The van der Waals surface area contributed by atoms with E-state index in [4.69, 9.17) is 4.74 Å². The lowest BCUT2D eigenvalue weighted by molar-refractivity contribution is -0.157. The van der Waals surface area contributed by atoms with Crippen LogP contribution in [0, 0.1) is 11.3 Å². The topological polar surface area (TPSA) is 49.8 Å². The fraction of sp³-hybridized carbons (Fsp3) is 0.625. The molecular formula is C24H32FNO3. The van der Waals surface area contributed by atoms with E-state index in [1.807, 2.05) is 24.0 Å². The minimum atomic E-state index is -0.166. The molecule has 0 radical (unpaired) electrons. The summed E-state index contributed by atoms with van der Waals surface area (Å²) in [4.78, 5) is 15.0. The number of benzene rings is 1. The minimum Gasteiger partial charge on any atom is -0.489 e. The number of likely N-dealkylation sites (tertiary alicyclic amines) is 1. The summed E-state index contributed by atoms with van der Waals surface area (Å²) >= 11 is 0. The van der Waals surface area contributed by atoms with Gasteiger partial charge >= 0.3 is 0 Å². The summed E-state index contributed by atoms with van der Waals surface area (Å²) in [6.07, 6.45) is 7.34. The van der Waals surface area contributed by atoms with Crippen LogP contribution in [0.4, 0.5) is 4.39 Å². The number of rotatable bonds is 7. The van der Waals surface area contributed by atoms with Crippen LogP contribution in [0.2, 0.25) is 0 Å². The standard InChI is InChI=1S/C24H32FNO3/c1-2-18(13-25)17-29-21-5-3-20(4-6-21)23-7-10-24(11-8-23,12-9-23)22(28)26-14-19(15-26)16-27/h3-6,13,19,27H,2,7-12,14-17H2,1H3/b18-13+. The highest BCUT2D eigenvalue weighted by Gasteiger charge is 2.54. The molecule has 1 saturated heterocycles. The second kappa shape index (κ2) is 8.10. The number of hydrogen-bond donors (Lipinski definition) is 1. The van der Waals surface area contributed by atoms with Crippen LogP contribution >= 0.6 is 0 Å². The third-order valence-corrected chi connectivity index (χ3v) is 7.70. The Morgan fingerprint density at radius 2 is 1.79 bits per heavy atom. The first kappa shape index (κ1) is 20.4. The number of carbonyl (C=O) groups is 1. The van der Waals surface area contributed by atoms with Crippen molar-refractivity contribution in [3.63, 3.8) is 0 Å². The molecule has 4 nitrogen and oxygen atoms in total. The summed E-state index contributed by atoms with van der Waals surface area (Å²) in [7, 11) is 0. The van der Waals surface area contributed by atoms with E-state index in [0.29, 0.717) is 24.2 Å². The van der Waals surface area contributed by atoms with Crippen molar-refractivity contribution in [2.24, 2.45) is 11.3 Å². The van der Waals surface area contributed by atoms with Gasteiger partial charge in [-0.2, -0.15) is 0 Å². The van der Waals surface area contributed by atoms with Gasteiger partial charge in [0.1, 0.15) is 12.4 Å². The van der Waals surface area contributed by atoms with Crippen LogP contribution < -0.4 is 4.74 Å². The van der Waals surface area contributed by atoms with E-state index in [9.17, 15) is 14.3 Å². The number of aliphatic hydroxyl groups excluding tert-OH is 1. The first-order valence-corrected chi connectivity index (χ1v) is 11.0. The normalized spacial score (nSPS) is 29.6. The molecule has 1 aromatic carbocycles. The molecule has 5 rings (SSSR count). The van der Waals surface area contributed by atoms with Crippen LogP contribution in [0.25, 0.3) is 0 Å². The van der Waals surface area contributed by atoms with Crippen LogP contribution in [0.15, 0.2) is 36.2 Å². The molecule has 2 bridgehead atoms. The lowest BCUT2D eigenvalue weighted by Gasteiger charge is -2.55. The maximum absolute atomic E-state index is 13.1. The highest BCUT2D eigenvalue weighted by molar-refractivity contribution is 5.84. The molecule has 1 aromatic rings. The number of aliphatic hydroxyl groups is 1. The Hall–Kier alpha value is -1.88. The van der Waals surface area contributed by atoms with E-state index in [1.165, 1.54) is 5.56 Å². The van der Waals surface area contributed by atoms with Gasteiger partial charge in [-0.25, -0.2) is 4.39 Å². The number of nitrogens with zero attached hydrogens (tertiary/aromatic N) is 1. The van der Waals surface area contributed by atoms with Crippen LogP contribution in [0.3, 0.4) is 0 Å². The van der Waals surface area contributed by atoms with Crippen LogP contribution in [0.1, 0.15) is 57.4 Å². The van der Waals surface area contributed by atoms with Gasteiger partial charge in [0, 0.05) is 31.0 Å². The summed E-state index contributed by atoms with van der Waals surface area (Å²) in [5, 5.41) is 9.22. The third kappa shape index (κ3) is 3.70. The molecule has 4 aliphatic rings. The zero-order chi connectivity index (χ0) is 20.5. The molecule has 0 atom stereocenters. The lowest BCUT2D eigenvalue weighted by atomic mass is 9.51. The Morgan fingerprint density at radius 3 is 2.31 bits per heavy atom. The fourth-order valence-electron chi connectivity index (χ4n) is 5.42. The van der Waals surface area contributed by atoms with E-state index in [2.05, 4.69) is 12.1 Å². The smallest absolute Gasteiger partial charge is 0.228 e. The van der Waals surface area contributed by atoms with Crippen molar-refractivity contribution < 1.29 is 19.0 Å².